The lowest BCUT2D eigenvalue weighted by molar-refractivity contribution is -0.175. The second-order valence-corrected chi connectivity index (χ2v) is 10.7. The second kappa shape index (κ2) is 8.93. The average molecular weight is 512 g/mol. The van der Waals surface area contributed by atoms with E-state index in [4.69, 9.17) is 5.73 Å². The maximum Gasteiger partial charge on any atom is 0.235 e. The molecule has 4 N–H and O–H groups in total. The molecule has 3 aliphatic carbocycles. The molecule has 1 aromatic rings. The van der Waals surface area contributed by atoms with E-state index in [-0.39, 0.29) is 36.3 Å². The largest absolute Gasteiger partial charge is 0.507 e. The van der Waals surface area contributed by atoms with E-state index in [2.05, 4.69) is 4.90 Å². The first-order valence-corrected chi connectivity index (χ1v) is 12.4. The van der Waals surface area contributed by atoms with E-state index >= 15 is 0 Å². The Labute approximate surface area is 212 Å². The number of Topliss-reactive ketones (excluding diaryl/α,β-unsaturated/α-hetero) is 5. The van der Waals surface area contributed by atoms with Crippen LogP contribution in [0.5, 0.6) is 5.75 Å². The number of nitrogens with two attached hydrogens (primary N) is 1. The minimum Gasteiger partial charge on any atom is -0.507 e. The number of amides is 1. The molecule has 11 heteroatoms. The third-order valence-corrected chi connectivity index (χ3v) is 8.55. The smallest absolute Gasteiger partial charge is 0.235 e. The van der Waals surface area contributed by atoms with Crippen molar-refractivity contribution in [1.82, 2.24) is 9.80 Å². The van der Waals surface area contributed by atoms with Gasteiger partial charge in [0.25, 0.3) is 0 Å². The number of ketones is 5. The van der Waals surface area contributed by atoms with Crippen LogP contribution in [0.4, 0.5) is 0 Å². The lowest BCUT2D eigenvalue weighted by Gasteiger charge is -2.48. The summed E-state index contributed by atoms with van der Waals surface area (Å²) in [6, 6.07) is 2.72. The number of aromatic hydroxyl groups is 1. The number of likely N-dealkylation sites (N-methyl/N-ethyl adjacent to an activating group) is 1. The number of phenols is 1. The minimum absolute atomic E-state index is 0.0111. The summed E-state index contributed by atoms with van der Waals surface area (Å²) in [5.74, 6) is -10.9. The highest BCUT2D eigenvalue weighted by Gasteiger charge is 2.66. The summed E-state index contributed by atoms with van der Waals surface area (Å²) in [5, 5.41) is 21.8. The number of hydrogen-bond donors (Lipinski definition) is 3. The molecule has 1 aliphatic heterocycles. The van der Waals surface area contributed by atoms with Gasteiger partial charge in [-0.25, -0.2) is 0 Å². The Hall–Kier alpha value is -3.28. The molecule has 0 spiro atoms. The first kappa shape index (κ1) is 25.4. The van der Waals surface area contributed by atoms with Crippen LogP contribution in [0.25, 0.3) is 0 Å². The summed E-state index contributed by atoms with van der Waals surface area (Å²) in [7, 11) is 2.01. The maximum absolute atomic E-state index is 13.6. The fourth-order valence-corrected chi connectivity index (χ4v) is 6.52. The van der Waals surface area contributed by atoms with Crippen molar-refractivity contribution in [3.05, 3.63) is 28.8 Å². The molecule has 3 fully saturated rings. The number of primary amides is 1. The summed E-state index contributed by atoms with van der Waals surface area (Å²) in [4.78, 5) is 81.8. The van der Waals surface area contributed by atoms with Crippen molar-refractivity contribution < 1.29 is 39.0 Å². The third-order valence-electron chi connectivity index (χ3n) is 8.55. The number of phenolic OH excluding ortho intramolecular Hbond substituents is 1. The molecule has 1 aromatic carbocycles. The van der Waals surface area contributed by atoms with Gasteiger partial charge in [0.15, 0.2) is 40.4 Å². The zero-order valence-corrected chi connectivity index (χ0v) is 20.4. The SMILES string of the molecule is CN1CCN(CC(=O)c2ccc(O)c3c2C[C@H]2C[C@H]4CC(=O)C(C(N)=O)C(=O)[C@@]4(O)C(=O)C2C3=O)CC1. The van der Waals surface area contributed by atoms with Crippen molar-refractivity contribution in [3.8, 4) is 5.75 Å². The molecular weight excluding hydrogens is 482 g/mol. The van der Waals surface area contributed by atoms with Gasteiger partial charge in [0, 0.05) is 44.1 Å². The molecule has 0 radical (unpaired) electrons. The predicted molar refractivity (Wildman–Crippen MR) is 127 cm³/mol. The highest BCUT2D eigenvalue weighted by molar-refractivity contribution is 6.31. The van der Waals surface area contributed by atoms with Crippen LogP contribution < -0.4 is 5.73 Å². The number of fused-ring (bicyclic) bond motifs is 3. The van der Waals surface area contributed by atoms with Gasteiger partial charge in [-0.05, 0) is 43.5 Å². The Morgan fingerprint density at radius 2 is 1.73 bits per heavy atom. The Morgan fingerprint density at radius 1 is 1.05 bits per heavy atom. The van der Waals surface area contributed by atoms with Crippen molar-refractivity contribution in [3.63, 3.8) is 0 Å². The molecule has 0 bridgehead atoms. The molecule has 196 valence electrons. The minimum atomic E-state index is -2.69. The fraction of sp³-hybridized carbons (Fsp3) is 0.538. The van der Waals surface area contributed by atoms with Gasteiger partial charge in [-0.15, -0.1) is 0 Å². The topological polar surface area (TPSA) is 175 Å². The van der Waals surface area contributed by atoms with Gasteiger partial charge < -0.3 is 20.8 Å². The van der Waals surface area contributed by atoms with Gasteiger partial charge in [0.1, 0.15) is 5.75 Å². The summed E-state index contributed by atoms with van der Waals surface area (Å²) in [6.45, 7) is 3.23. The van der Waals surface area contributed by atoms with Crippen molar-refractivity contribution in [1.29, 1.82) is 0 Å². The standard InChI is InChI=1S/C26H29N3O8/c1-28-4-6-29(7-5-28)11-18(32)14-2-3-16(30)20-15(14)9-12-8-13-10-17(31)21(25(27)36)24(35)26(13,37)23(34)19(12)22(20)33/h2-3,12-13,19,21,30,37H,4-11H2,1H3,(H2,27,36)/t12-,13+,19?,21?,26+/m1/s1. The van der Waals surface area contributed by atoms with Gasteiger partial charge in [-0.2, -0.15) is 0 Å². The van der Waals surface area contributed by atoms with Crippen molar-refractivity contribution in [2.45, 2.75) is 24.9 Å². The molecule has 1 amide bonds. The number of rotatable bonds is 4. The maximum atomic E-state index is 13.6. The van der Waals surface area contributed by atoms with Crippen LogP contribution in [-0.4, -0.2) is 100 Å². The summed E-state index contributed by atoms with van der Waals surface area (Å²) >= 11 is 0. The van der Waals surface area contributed by atoms with Crippen LogP contribution in [0.1, 0.15) is 39.1 Å². The number of benzene rings is 1. The quantitative estimate of drug-likeness (QED) is 0.327. The first-order chi connectivity index (χ1) is 17.4. The Kier molecular flexibility index (Phi) is 6.12. The van der Waals surface area contributed by atoms with Crippen LogP contribution in [-0.2, 0) is 25.6 Å². The molecule has 2 saturated carbocycles. The van der Waals surface area contributed by atoms with E-state index in [1.807, 2.05) is 11.9 Å². The Balaban J connectivity index is 1.49. The average Bonchev–Trinajstić information content (AvgIpc) is 2.82. The zero-order chi connectivity index (χ0) is 26.8. The van der Waals surface area contributed by atoms with Crippen LogP contribution in [0.2, 0.25) is 0 Å². The number of aliphatic hydroxyl groups is 1. The zero-order valence-electron chi connectivity index (χ0n) is 20.4. The van der Waals surface area contributed by atoms with Crippen molar-refractivity contribution in [2.75, 3.05) is 39.8 Å². The molecule has 1 heterocycles. The Bertz CT molecular complexity index is 1250. The summed E-state index contributed by atoms with van der Waals surface area (Å²) in [6.07, 6.45) is -0.326. The van der Waals surface area contributed by atoms with Crippen LogP contribution >= 0.6 is 0 Å². The number of carbonyl (C=O) groups excluding carboxylic acids is 6. The highest BCUT2D eigenvalue weighted by Crippen LogP contribution is 2.50. The lowest BCUT2D eigenvalue weighted by atomic mass is 9.53. The number of carbonyl (C=O) groups is 6. The van der Waals surface area contributed by atoms with E-state index < -0.39 is 70.5 Å². The molecule has 1 saturated heterocycles. The normalized spacial score (nSPS) is 32.5. The van der Waals surface area contributed by atoms with E-state index in [9.17, 15) is 39.0 Å². The third kappa shape index (κ3) is 3.84. The lowest BCUT2D eigenvalue weighted by Crippen LogP contribution is -2.68. The van der Waals surface area contributed by atoms with Gasteiger partial charge >= 0.3 is 0 Å². The van der Waals surface area contributed by atoms with Gasteiger partial charge in [-0.3, -0.25) is 33.7 Å². The molecule has 37 heavy (non-hydrogen) atoms. The summed E-state index contributed by atoms with van der Waals surface area (Å²) < 4.78 is 0. The molecule has 0 aromatic heterocycles. The molecule has 4 aliphatic rings. The van der Waals surface area contributed by atoms with Crippen molar-refractivity contribution >= 4 is 34.8 Å². The summed E-state index contributed by atoms with van der Waals surface area (Å²) in [5.41, 5.74) is 2.97. The number of nitrogens with zero attached hydrogens (tertiary/aromatic N) is 2. The molecule has 5 rings (SSSR count). The Morgan fingerprint density at radius 3 is 2.38 bits per heavy atom. The van der Waals surface area contributed by atoms with Crippen LogP contribution in [0.15, 0.2) is 12.1 Å². The fourth-order valence-electron chi connectivity index (χ4n) is 6.52. The molecule has 2 unspecified atom stereocenters. The van der Waals surface area contributed by atoms with Crippen LogP contribution in [0.3, 0.4) is 0 Å². The van der Waals surface area contributed by atoms with Gasteiger partial charge in [0.05, 0.1) is 18.0 Å². The van der Waals surface area contributed by atoms with E-state index in [0.717, 1.165) is 26.2 Å². The van der Waals surface area contributed by atoms with Crippen molar-refractivity contribution in [2.24, 2.45) is 29.4 Å². The predicted octanol–water partition coefficient (Wildman–Crippen LogP) is -1.24. The van der Waals surface area contributed by atoms with E-state index in [1.54, 1.807) is 0 Å². The van der Waals surface area contributed by atoms with E-state index in [0.29, 0.717) is 5.56 Å². The van der Waals surface area contributed by atoms with E-state index in [1.165, 1.54) is 12.1 Å². The second-order valence-electron chi connectivity index (χ2n) is 10.7. The number of piperazine rings is 1. The first-order valence-electron chi connectivity index (χ1n) is 12.4. The van der Waals surface area contributed by atoms with Gasteiger partial charge in [0.2, 0.25) is 5.91 Å². The number of hydrogen-bond acceptors (Lipinski definition) is 10. The van der Waals surface area contributed by atoms with Gasteiger partial charge in [-0.1, -0.05) is 0 Å². The highest BCUT2D eigenvalue weighted by atomic mass is 16.3. The monoisotopic (exact) mass is 511 g/mol. The molecule has 5 atom stereocenters. The molecule has 11 nitrogen and oxygen atoms in total. The van der Waals surface area contributed by atoms with Crippen LogP contribution in [0, 0.1) is 23.7 Å². The molecular formula is C26H29N3O8.